The van der Waals surface area contributed by atoms with Crippen LogP contribution < -0.4 is 19.8 Å². The number of rotatable bonds is 7. The van der Waals surface area contributed by atoms with E-state index in [1.807, 2.05) is 24.3 Å². The molecule has 0 aliphatic carbocycles. The molecular weight excluding hydrogens is 1010 g/mol. The third-order valence-electron chi connectivity index (χ3n) is 13.5. The van der Waals surface area contributed by atoms with Gasteiger partial charge in [-0.2, -0.15) is 12.1 Å². The fraction of sp³-hybridized carbons (Fsp3) is 0. The molecule has 322 valence electrons. The third kappa shape index (κ3) is 5.89. The second-order valence-electron chi connectivity index (χ2n) is 17.2. The number of para-hydroxylation sites is 5. The summed E-state index contributed by atoms with van der Waals surface area (Å²) in [5, 5.41) is 0. The van der Waals surface area contributed by atoms with Crippen LogP contribution in [0.1, 0.15) is 0 Å². The Kier molecular flexibility index (Phi) is 8.83. The van der Waals surface area contributed by atoms with E-state index in [-0.39, 0.29) is 6.98 Å². The molecule has 0 bridgehead atoms. The maximum absolute atomic E-state index is 6.76. The van der Waals surface area contributed by atoms with Crippen LogP contribution in [0.4, 0.5) is 22.9 Å². The van der Waals surface area contributed by atoms with E-state index in [0.29, 0.717) is 11.6 Å². The molecule has 0 atom stereocenters. The van der Waals surface area contributed by atoms with Crippen molar-refractivity contribution in [3.05, 3.63) is 234 Å². The molecular formula is C60H36BN5OPt-2. The molecule has 9 aromatic carbocycles. The van der Waals surface area contributed by atoms with Crippen LogP contribution in [0.2, 0.25) is 0 Å². The molecule has 0 unspecified atom stereocenters. The number of aromatic nitrogens is 3. The number of nitrogens with zero attached hydrogens (tertiary/aromatic N) is 5. The van der Waals surface area contributed by atoms with Crippen LogP contribution in [0, 0.1) is 15.9 Å². The SMILES string of the molecule is [Pt]=[c]1n(-c2[c-]c(Oc3ccc4c(n3)N3B5c6c(cccc6-4)-c4ccccc4N5c4ccc[c-]c43)ccc2)c2ccccc2n1-c1c(-c2ccccc2)cccc1-c1cccc(-c2ccccc2)c1. The van der Waals surface area contributed by atoms with Crippen molar-refractivity contribution in [2.45, 2.75) is 0 Å². The van der Waals surface area contributed by atoms with Gasteiger partial charge in [0.2, 0.25) is 0 Å². The van der Waals surface area contributed by atoms with Gasteiger partial charge in [-0.25, -0.2) is 0 Å². The van der Waals surface area contributed by atoms with Crippen molar-refractivity contribution in [3.63, 3.8) is 0 Å². The second-order valence-corrected chi connectivity index (χ2v) is 18.3. The Bertz CT molecular complexity index is 3900. The minimum atomic E-state index is -0.105. The fourth-order valence-electron chi connectivity index (χ4n) is 10.7. The first-order valence-corrected chi connectivity index (χ1v) is 23.9. The zero-order chi connectivity index (χ0) is 44.9. The summed E-state index contributed by atoms with van der Waals surface area (Å²) < 4.78 is 12.4. The molecule has 6 nitrogen and oxygen atoms in total. The number of anilines is 4. The van der Waals surface area contributed by atoms with Gasteiger partial charge in [-0.05, 0) is 11.6 Å². The normalized spacial score (nSPS) is 12.7. The fourth-order valence-corrected chi connectivity index (χ4v) is 11.8. The Morgan fingerprint density at radius 2 is 1.09 bits per heavy atom. The van der Waals surface area contributed by atoms with Crippen molar-refractivity contribution in [1.82, 2.24) is 14.1 Å². The summed E-state index contributed by atoms with van der Waals surface area (Å²) in [5.41, 5.74) is 20.3. The number of hydrogen-bond acceptors (Lipinski definition) is 4. The standard InChI is InChI=1S/C60H36BN5O.Pt/c1-3-17-40(18-4-1)42-21-13-22-43(37-42)47-27-15-26-46(41-19-5-2-6-20-41)59(47)64-39-63(53-31-9-10-32-54(53)64)44-23-14-24-45(38-44)67-57-36-35-51-50-29-16-28-49-48-25-7-8-30-52(48)65-55-33-11-12-34-56(55)66(60(51)62-57)61(65)58(49)50;/h1-33,35-37H;/q-2;. The van der Waals surface area contributed by atoms with Crippen molar-refractivity contribution in [1.29, 1.82) is 0 Å². The van der Waals surface area contributed by atoms with Crippen LogP contribution in [0.15, 0.2) is 218 Å². The summed E-state index contributed by atoms with van der Waals surface area (Å²) in [6.45, 7) is -0.105. The molecule has 0 radical (unpaired) electrons. The van der Waals surface area contributed by atoms with Crippen LogP contribution in [0.3, 0.4) is 0 Å². The van der Waals surface area contributed by atoms with Gasteiger partial charge < -0.3 is 0 Å². The van der Waals surface area contributed by atoms with Gasteiger partial charge in [0.25, 0.3) is 0 Å². The molecule has 8 heteroatoms. The first-order valence-electron chi connectivity index (χ1n) is 22.7. The Hall–Kier alpha value is -8.25. The quantitative estimate of drug-likeness (QED) is 0.118. The van der Waals surface area contributed by atoms with E-state index in [0.717, 1.165) is 71.2 Å². The van der Waals surface area contributed by atoms with Gasteiger partial charge in [-0.15, -0.1) is 6.07 Å². The average Bonchev–Trinajstić information content (AvgIpc) is 3.91. The van der Waals surface area contributed by atoms with Gasteiger partial charge in [-0.1, -0.05) is 30.3 Å². The average molecular weight is 1050 g/mol. The van der Waals surface area contributed by atoms with Crippen molar-refractivity contribution in [2.75, 3.05) is 9.62 Å². The van der Waals surface area contributed by atoms with E-state index in [1.165, 1.54) is 39.0 Å². The minimum absolute atomic E-state index is 0.105. The first-order chi connectivity index (χ1) is 33.7. The predicted octanol–water partition coefficient (Wildman–Crippen LogP) is 13.9. The van der Waals surface area contributed by atoms with Gasteiger partial charge in [0.15, 0.2) is 0 Å². The number of hydrogen-bond donors (Lipinski definition) is 0. The van der Waals surface area contributed by atoms with Gasteiger partial charge >= 0.3 is 336 Å². The number of pyridine rings is 1. The maximum atomic E-state index is 6.76. The van der Waals surface area contributed by atoms with E-state index >= 15 is 0 Å². The summed E-state index contributed by atoms with van der Waals surface area (Å²) in [7, 11) is 0. The predicted molar refractivity (Wildman–Crippen MR) is 271 cm³/mol. The molecule has 0 saturated heterocycles. The number of ether oxygens (including phenoxy) is 1. The van der Waals surface area contributed by atoms with Crippen molar-refractivity contribution < 1.29 is 24.1 Å². The molecule has 0 N–H and O–H groups in total. The van der Waals surface area contributed by atoms with E-state index in [4.69, 9.17) is 9.72 Å². The molecule has 0 saturated carbocycles. The zero-order valence-corrected chi connectivity index (χ0v) is 38.6. The van der Waals surface area contributed by atoms with E-state index in [9.17, 15) is 0 Å². The Morgan fingerprint density at radius 3 is 1.91 bits per heavy atom. The monoisotopic (exact) mass is 1050 g/mol. The first kappa shape index (κ1) is 39.0. The van der Waals surface area contributed by atoms with Crippen LogP contribution in [-0.2, 0) is 19.4 Å². The Labute approximate surface area is 404 Å². The molecule has 68 heavy (non-hydrogen) atoms. The Balaban J connectivity index is 0.894. The van der Waals surface area contributed by atoms with Crippen molar-refractivity contribution in [2.24, 2.45) is 0 Å². The Morgan fingerprint density at radius 1 is 0.471 bits per heavy atom. The van der Waals surface area contributed by atoms with Crippen LogP contribution in [0.5, 0.6) is 11.6 Å². The molecule has 11 aromatic rings. The number of fused-ring (bicyclic) bond motifs is 10. The van der Waals surface area contributed by atoms with Gasteiger partial charge in [0.1, 0.15) is 0 Å². The van der Waals surface area contributed by atoms with E-state index in [1.54, 1.807) is 0 Å². The van der Waals surface area contributed by atoms with Crippen LogP contribution in [0.25, 0.3) is 78.0 Å². The molecule has 3 aliphatic rings. The van der Waals surface area contributed by atoms with Gasteiger partial charge in [0, 0.05) is 11.3 Å². The number of imidazole rings is 1. The van der Waals surface area contributed by atoms with Crippen molar-refractivity contribution in [3.8, 4) is 78.6 Å². The summed E-state index contributed by atoms with van der Waals surface area (Å²) >= 11 is 2.49. The van der Waals surface area contributed by atoms with Gasteiger partial charge in [0.05, 0.1) is 0 Å². The van der Waals surface area contributed by atoms with Crippen LogP contribution >= 0.6 is 0 Å². The summed E-state index contributed by atoms with van der Waals surface area (Å²) in [4.78, 5) is 10.1. The second kappa shape index (κ2) is 15.4. The molecule has 0 amide bonds. The van der Waals surface area contributed by atoms with Crippen LogP contribution in [-0.4, -0.2) is 21.1 Å². The van der Waals surface area contributed by atoms with Crippen molar-refractivity contribution >= 4 is 46.4 Å². The third-order valence-corrected chi connectivity index (χ3v) is 14.5. The molecule has 0 fully saturated rings. The molecule has 2 aromatic heterocycles. The van der Waals surface area contributed by atoms with Gasteiger partial charge in [-0.3, -0.25) is 0 Å². The summed E-state index contributed by atoms with van der Waals surface area (Å²) in [5.74, 6) is 1.90. The zero-order valence-electron chi connectivity index (χ0n) is 36.3. The van der Waals surface area contributed by atoms with E-state index < -0.39 is 0 Å². The summed E-state index contributed by atoms with van der Waals surface area (Å²) in [6, 6.07) is 84.5. The molecule has 0 spiro atoms. The number of benzene rings is 9. The topological polar surface area (TPSA) is 38.5 Å². The summed E-state index contributed by atoms with van der Waals surface area (Å²) in [6.07, 6.45) is 0. The molecule has 5 heterocycles. The molecule has 14 rings (SSSR count). The van der Waals surface area contributed by atoms with E-state index in [2.05, 4.69) is 244 Å². The molecule has 3 aliphatic heterocycles.